The number of aliphatic hydroxyl groups excluding tert-OH is 2. The normalized spacial score (nSPS) is 21.4. The van der Waals surface area contributed by atoms with Gasteiger partial charge in [-0.15, -0.1) is 0 Å². The van der Waals surface area contributed by atoms with Gasteiger partial charge >= 0.3 is 0 Å². The number of hydrogen-bond acceptors (Lipinski definition) is 6. The van der Waals surface area contributed by atoms with Crippen LogP contribution in [0.25, 0.3) is 5.70 Å². The van der Waals surface area contributed by atoms with Crippen molar-refractivity contribution in [3.63, 3.8) is 0 Å². The van der Waals surface area contributed by atoms with Crippen LogP contribution in [0.3, 0.4) is 0 Å². The first kappa shape index (κ1) is 25.3. The largest absolute Gasteiger partial charge is 0.395 e. The van der Waals surface area contributed by atoms with Gasteiger partial charge in [-0.25, -0.2) is 0 Å². The monoisotopic (exact) mass is 474 g/mol. The minimum absolute atomic E-state index is 0.0322. The second-order valence-electron chi connectivity index (χ2n) is 9.83. The predicted octanol–water partition coefficient (Wildman–Crippen LogP) is 5.13. The summed E-state index contributed by atoms with van der Waals surface area (Å²) in [6.45, 7) is 6.34. The van der Waals surface area contributed by atoms with Crippen molar-refractivity contribution in [2.45, 2.75) is 56.8 Å². The summed E-state index contributed by atoms with van der Waals surface area (Å²) in [5.41, 5.74) is 6.92. The lowest BCUT2D eigenvalue weighted by Gasteiger charge is -2.36. The third kappa shape index (κ3) is 6.66. The smallest absolute Gasteiger partial charge is 0.0925 e. The maximum atomic E-state index is 9.90. The summed E-state index contributed by atoms with van der Waals surface area (Å²) >= 11 is 0. The molecule has 1 aliphatic heterocycles. The fraction of sp³-hybridized carbons (Fsp3) is 0.448. The number of rotatable bonds is 10. The van der Waals surface area contributed by atoms with E-state index in [9.17, 15) is 10.2 Å². The number of azo groups is 1. The van der Waals surface area contributed by atoms with Crippen LogP contribution < -0.4 is 4.90 Å². The molecule has 2 aromatic rings. The van der Waals surface area contributed by atoms with E-state index in [1.54, 1.807) is 13.1 Å². The van der Waals surface area contributed by atoms with Gasteiger partial charge in [0.2, 0.25) is 0 Å². The summed E-state index contributed by atoms with van der Waals surface area (Å²) in [6, 6.07) is 15.5. The van der Waals surface area contributed by atoms with Gasteiger partial charge in [0.05, 0.1) is 18.4 Å². The Labute approximate surface area is 209 Å². The number of anilines is 1. The average Bonchev–Trinajstić information content (AvgIpc) is 3.71. The molecule has 2 aliphatic rings. The molecule has 186 valence electrons. The molecule has 0 aromatic heterocycles. The van der Waals surface area contributed by atoms with E-state index in [2.05, 4.69) is 76.1 Å². The van der Waals surface area contributed by atoms with Gasteiger partial charge in [0.1, 0.15) is 0 Å². The number of benzene rings is 2. The van der Waals surface area contributed by atoms with Crippen LogP contribution in [0.4, 0.5) is 5.69 Å². The first-order chi connectivity index (χ1) is 17.0. The molecular formula is C29H38N4O2. The molecule has 0 spiro atoms. The standard InChI is InChI=1S/C29H38N4O2/c1-4-5-29(31-30-2)25-14-24(23-10-11-23)15-26(16-25)32(3)18-21-6-8-22(9-7-21)19-33-13-12-28(35)17-27(33)20-34/h4-9,14-16,23,27-28,34-35H,1,10-13,17-20H2,2-3H3/b29-5-,31-30-/t27-,28+/m0/s1. The van der Waals surface area contributed by atoms with Crippen LogP contribution >= 0.6 is 0 Å². The predicted molar refractivity (Wildman–Crippen MR) is 142 cm³/mol. The molecule has 4 rings (SSSR count). The number of hydrogen-bond donors (Lipinski definition) is 2. The zero-order chi connectivity index (χ0) is 24.8. The lowest BCUT2D eigenvalue weighted by atomic mass is 9.99. The van der Waals surface area contributed by atoms with E-state index in [1.807, 2.05) is 6.08 Å². The quantitative estimate of drug-likeness (QED) is 0.370. The highest BCUT2D eigenvalue weighted by molar-refractivity contribution is 5.70. The van der Waals surface area contributed by atoms with Crippen LogP contribution in [-0.2, 0) is 13.1 Å². The first-order valence-corrected chi connectivity index (χ1v) is 12.6. The van der Waals surface area contributed by atoms with Crippen molar-refractivity contribution in [2.75, 3.05) is 32.1 Å². The number of nitrogens with zero attached hydrogens (tertiary/aromatic N) is 4. The molecule has 2 fully saturated rings. The summed E-state index contributed by atoms with van der Waals surface area (Å²) in [7, 11) is 3.82. The van der Waals surface area contributed by atoms with Gasteiger partial charge in [0.15, 0.2) is 0 Å². The first-order valence-electron chi connectivity index (χ1n) is 12.6. The van der Waals surface area contributed by atoms with Crippen LogP contribution in [0.5, 0.6) is 0 Å². The van der Waals surface area contributed by atoms with Crippen molar-refractivity contribution < 1.29 is 10.2 Å². The van der Waals surface area contributed by atoms with Crippen molar-refractivity contribution >= 4 is 11.4 Å². The van der Waals surface area contributed by atoms with Crippen molar-refractivity contribution in [3.8, 4) is 0 Å². The lowest BCUT2D eigenvalue weighted by molar-refractivity contribution is 0.0129. The van der Waals surface area contributed by atoms with Gasteiger partial charge < -0.3 is 15.1 Å². The maximum absolute atomic E-state index is 9.90. The van der Waals surface area contributed by atoms with E-state index in [-0.39, 0.29) is 18.8 Å². The fourth-order valence-electron chi connectivity index (χ4n) is 4.89. The Bertz CT molecular complexity index is 1060. The van der Waals surface area contributed by atoms with E-state index in [1.165, 1.54) is 35.2 Å². The zero-order valence-corrected chi connectivity index (χ0v) is 21.0. The molecule has 1 saturated heterocycles. The van der Waals surface area contributed by atoms with Crippen molar-refractivity contribution in [1.29, 1.82) is 0 Å². The average molecular weight is 475 g/mol. The minimum Gasteiger partial charge on any atom is -0.395 e. The van der Waals surface area contributed by atoms with E-state index in [4.69, 9.17) is 0 Å². The number of likely N-dealkylation sites (tertiary alicyclic amines) is 1. The van der Waals surface area contributed by atoms with Crippen molar-refractivity contribution in [2.24, 2.45) is 10.2 Å². The summed E-state index contributed by atoms with van der Waals surface area (Å²) in [4.78, 5) is 4.56. The molecule has 6 nitrogen and oxygen atoms in total. The molecule has 2 aromatic carbocycles. The van der Waals surface area contributed by atoms with E-state index in [0.717, 1.165) is 37.3 Å². The van der Waals surface area contributed by atoms with Gasteiger partial charge in [-0.05, 0) is 72.6 Å². The summed E-state index contributed by atoms with van der Waals surface area (Å²) in [5, 5.41) is 27.9. The molecule has 2 N–H and O–H groups in total. The highest BCUT2D eigenvalue weighted by Gasteiger charge is 2.27. The number of aliphatic hydroxyl groups is 2. The SMILES string of the molecule is C=C/C=C(\N=N/C)c1cc(C2CC2)cc(N(C)Cc2ccc(CN3CC[C@@H](O)C[C@H]3CO)cc2)c1. The lowest BCUT2D eigenvalue weighted by Crippen LogP contribution is -2.45. The fourth-order valence-corrected chi connectivity index (χ4v) is 4.89. The molecule has 0 unspecified atom stereocenters. The summed E-state index contributed by atoms with van der Waals surface area (Å²) in [6.07, 6.45) is 7.27. The van der Waals surface area contributed by atoms with Gasteiger partial charge in [0, 0.05) is 51.0 Å². The molecule has 2 atom stereocenters. The third-order valence-corrected chi connectivity index (χ3v) is 7.06. The summed E-state index contributed by atoms with van der Waals surface area (Å²) in [5.74, 6) is 0.642. The molecule has 0 amide bonds. The van der Waals surface area contributed by atoms with Crippen LogP contribution in [0.15, 0.2) is 71.4 Å². The highest BCUT2D eigenvalue weighted by Crippen LogP contribution is 2.42. The summed E-state index contributed by atoms with van der Waals surface area (Å²) < 4.78 is 0. The van der Waals surface area contributed by atoms with Gasteiger partial charge in [0.25, 0.3) is 0 Å². The van der Waals surface area contributed by atoms with E-state index >= 15 is 0 Å². The minimum atomic E-state index is -0.298. The molecule has 1 aliphatic carbocycles. The third-order valence-electron chi connectivity index (χ3n) is 7.06. The van der Waals surface area contributed by atoms with Crippen LogP contribution in [0.2, 0.25) is 0 Å². The Kier molecular flexibility index (Phi) is 8.50. The highest BCUT2D eigenvalue weighted by atomic mass is 16.3. The topological polar surface area (TPSA) is 71.7 Å². The number of allylic oxidation sites excluding steroid dienone is 2. The van der Waals surface area contributed by atoms with Crippen LogP contribution in [0, 0.1) is 0 Å². The Morgan fingerprint density at radius 2 is 1.89 bits per heavy atom. The molecular weight excluding hydrogens is 436 g/mol. The van der Waals surface area contributed by atoms with Crippen molar-refractivity contribution in [3.05, 3.63) is 83.4 Å². The maximum Gasteiger partial charge on any atom is 0.0925 e. The number of piperidine rings is 1. The van der Waals surface area contributed by atoms with Gasteiger partial charge in [-0.2, -0.15) is 10.2 Å². The Hall–Kier alpha value is -2.80. The molecule has 0 bridgehead atoms. The van der Waals surface area contributed by atoms with Gasteiger partial charge in [-0.3, -0.25) is 4.90 Å². The Morgan fingerprint density at radius 1 is 1.14 bits per heavy atom. The Balaban J connectivity index is 1.47. The van der Waals surface area contributed by atoms with Crippen LogP contribution in [0.1, 0.15) is 53.9 Å². The zero-order valence-electron chi connectivity index (χ0n) is 21.0. The molecule has 0 radical (unpaired) electrons. The molecule has 1 heterocycles. The van der Waals surface area contributed by atoms with Gasteiger partial charge in [-0.1, -0.05) is 36.9 Å². The second kappa shape index (κ2) is 11.8. The Morgan fingerprint density at radius 3 is 2.54 bits per heavy atom. The molecule has 6 heteroatoms. The van der Waals surface area contributed by atoms with E-state index in [0.29, 0.717) is 12.3 Å². The second-order valence-corrected chi connectivity index (χ2v) is 9.83. The van der Waals surface area contributed by atoms with E-state index < -0.39 is 0 Å². The molecule has 1 saturated carbocycles. The van der Waals surface area contributed by atoms with Crippen LogP contribution in [-0.4, -0.2) is 54.5 Å². The van der Waals surface area contributed by atoms with Crippen molar-refractivity contribution in [1.82, 2.24) is 4.90 Å². The molecule has 35 heavy (non-hydrogen) atoms.